The molecule has 0 unspecified atom stereocenters. The molecular formula is C34H36F2N4O. The van der Waals surface area contributed by atoms with Crippen molar-refractivity contribution in [3.63, 3.8) is 0 Å². The van der Waals surface area contributed by atoms with Gasteiger partial charge in [0.25, 0.3) is 0 Å². The molecule has 5 nitrogen and oxygen atoms in total. The van der Waals surface area contributed by atoms with Crippen LogP contribution in [0.15, 0.2) is 95.9 Å². The van der Waals surface area contributed by atoms with E-state index in [1.54, 1.807) is 30.5 Å². The normalized spacial score (nSPS) is 14.5. The highest BCUT2D eigenvalue weighted by Gasteiger charge is 2.27. The van der Waals surface area contributed by atoms with Crippen molar-refractivity contribution in [2.24, 2.45) is 0 Å². The van der Waals surface area contributed by atoms with Crippen LogP contribution >= 0.6 is 0 Å². The maximum Gasteiger partial charge on any atom is 0.206 e. The number of piperazine rings is 1. The molecule has 2 heterocycles. The molecule has 4 aromatic rings. The number of rotatable bonds is 9. The Kier molecular flexibility index (Phi) is 9.17. The molecule has 0 aliphatic carbocycles. The molecule has 0 radical (unpaired) electrons. The third kappa shape index (κ3) is 7.23. The summed E-state index contributed by atoms with van der Waals surface area (Å²) in [5, 5.41) is 3.33. The van der Waals surface area contributed by atoms with Gasteiger partial charge in [-0.25, -0.2) is 8.78 Å². The summed E-state index contributed by atoms with van der Waals surface area (Å²) in [5.74, 6) is -0.283. The van der Waals surface area contributed by atoms with Crippen LogP contribution in [0.3, 0.4) is 0 Å². The van der Waals surface area contributed by atoms with Gasteiger partial charge in [-0.05, 0) is 65.1 Å². The molecule has 0 bridgehead atoms. The van der Waals surface area contributed by atoms with Crippen LogP contribution in [0.25, 0.3) is 0 Å². The van der Waals surface area contributed by atoms with Crippen molar-refractivity contribution in [2.45, 2.75) is 38.9 Å². The Labute approximate surface area is 240 Å². The molecule has 5 rings (SSSR count). The molecule has 1 aliphatic rings. The van der Waals surface area contributed by atoms with Gasteiger partial charge < -0.3 is 5.32 Å². The summed E-state index contributed by atoms with van der Waals surface area (Å²) in [6, 6.07) is 24.7. The van der Waals surface area contributed by atoms with Crippen LogP contribution in [0, 0.1) is 11.6 Å². The van der Waals surface area contributed by atoms with Gasteiger partial charge in [-0.1, -0.05) is 56.3 Å². The van der Waals surface area contributed by atoms with E-state index in [-0.39, 0.29) is 29.0 Å². The zero-order valence-electron chi connectivity index (χ0n) is 23.6. The first-order valence-corrected chi connectivity index (χ1v) is 14.2. The standard InChI is InChI=1S/C34H36F2N4O/c1-24(2)27-6-7-28(34(41)32(21-27)38-22-31-5-3-4-16-37-31)23-39-17-19-40(20-18-39)33(25-8-12-29(35)13-9-25)26-10-14-30(36)15-11-26/h3-16,21,24,33H,17-20,22-23H2,1-2H3,(H,38,41). The lowest BCUT2D eigenvalue weighted by Gasteiger charge is -2.39. The van der Waals surface area contributed by atoms with Gasteiger partial charge in [0.1, 0.15) is 11.6 Å². The molecule has 0 saturated carbocycles. The van der Waals surface area contributed by atoms with Crippen LogP contribution in [-0.2, 0) is 13.1 Å². The fraction of sp³-hybridized carbons (Fsp3) is 0.294. The zero-order valence-corrected chi connectivity index (χ0v) is 23.6. The van der Waals surface area contributed by atoms with Crippen LogP contribution in [-0.4, -0.2) is 41.0 Å². The van der Waals surface area contributed by atoms with Crippen LogP contribution in [0.2, 0.25) is 0 Å². The molecule has 1 N–H and O–H groups in total. The van der Waals surface area contributed by atoms with E-state index in [2.05, 4.69) is 40.0 Å². The van der Waals surface area contributed by atoms with Crippen molar-refractivity contribution in [3.8, 4) is 0 Å². The molecule has 1 saturated heterocycles. The number of nitrogens with zero attached hydrogens (tertiary/aromatic N) is 3. The Hall–Kier alpha value is -3.94. The van der Waals surface area contributed by atoms with Gasteiger partial charge >= 0.3 is 0 Å². The summed E-state index contributed by atoms with van der Waals surface area (Å²) >= 11 is 0. The van der Waals surface area contributed by atoms with Crippen molar-refractivity contribution in [3.05, 3.63) is 141 Å². The maximum absolute atomic E-state index is 13.7. The summed E-state index contributed by atoms with van der Waals surface area (Å²) < 4.78 is 27.4. The van der Waals surface area contributed by atoms with Gasteiger partial charge in [-0.3, -0.25) is 19.6 Å². The number of pyridine rings is 1. The van der Waals surface area contributed by atoms with E-state index in [0.29, 0.717) is 18.8 Å². The first-order chi connectivity index (χ1) is 19.9. The largest absolute Gasteiger partial charge is 0.376 e. The van der Waals surface area contributed by atoms with Crippen molar-refractivity contribution < 1.29 is 8.78 Å². The predicted molar refractivity (Wildman–Crippen MR) is 160 cm³/mol. The van der Waals surface area contributed by atoms with E-state index in [9.17, 15) is 13.6 Å². The van der Waals surface area contributed by atoms with Crippen molar-refractivity contribution in [2.75, 3.05) is 31.5 Å². The summed E-state index contributed by atoms with van der Waals surface area (Å²) in [6.45, 7) is 8.33. The van der Waals surface area contributed by atoms with Crippen LogP contribution in [0.4, 0.5) is 14.5 Å². The van der Waals surface area contributed by atoms with Crippen LogP contribution < -0.4 is 10.7 Å². The smallest absolute Gasteiger partial charge is 0.206 e. The number of hydrogen-bond donors (Lipinski definition) is 1. The molecule has 212 valence electrons. The third-order valence-corrected chi connectivity index (χ3v) is 7.71. The van der Waals surface area contributed by atoms with E-state index in [1.165, 1.54) is 24.3 Å². The minimum Gasteiger partial charge on any atom is -0.376 e. The second kappa shape index (κ2) is 13.1. The van der Waals surface area contributed by atoms with Gasteiger partial charge in [-0.15, -0.1) is 0 Å². The second-order valence-electron chi connectivity index (χ2n) is 10.9. The fourth-order valence-corrected chi connectivity index (χ4v) is 5.35. The number of benzene rings is 2. The van der Waals surface area contributed by atoms with E-state index in [0.717, 1.165) is 54.1 Å². The highest BCUT2D eigenvalue weighted by atomic mass is 19.1. The van der Waals surface area contributed by atoms with E-state index in [4.69, 9.17) is 0 Å². The van der Waals surface area contributed by atoms with Crippen LogP contribution in [0.1, 0.15) is 53.8 Å². The van der Waals surface area contributed by atoms with Gasteiger partial charge in [0.2, 0.25) is 5.43 Å². The Morgan fingerprint density at radius 3 is 1.98 bits per heavy atom. The molecule has 0 atom stereocenters. The zero-order chi connectivity index (χ0) is 28.8. The highest BCUT2D eigenvalue weighted by molar-refractivity contribution is 5.48. The lowest BCUT2D eigenvalue weighted by Crippen LogP contribution is -2.47. The Morgan fingerprint density at radius 1 is 0.805 bits per heavy atom. The summed E-state index contributed by atoms with van der Waals surface area (Å²) in [4.78, 5) is 22.7. The number of halogens is 2. The number of aromatic nitrogens is 1. The molecule has 0 spiro atoms. The third-order valence-electron chi connectivity index (χ3n) is 7.71. The first kappa shape index (κ1) is 28.6. The molecule has 41 heavy (non-hydrogen) atoms. The maximum atomic E-state index is 13.7. The average Bonchev–Trinajstić information content (AvgIpc) is 3.14. The van der Waals surface area contributed by atoms with Crippen molar-refractivity contribution in [1.29, 1.82) is 0 Å². The Bertz CT molecular complexity index is 1440. The molecule has 0 amide bonds. The van der Waals surface area contributed by atoms with Crippen molar-refractivity contribution in [1.82, 2.24) is 14.8 Å². The quantitative estimate of drug-likeness (QED) is 0.261. The molecule has 7 heteroatoms. The highest BCUT2D eigenvalue weighted by Crippen LogP contribution is 2.30. The molecule has 3 aromatic carbocycles. The van der Waals surface area contributed by atoms with Gasteiger partial charge in [0.05, 0.1) is 24.0 Å². The van der Waals surface area contributed by atoms with Gasteiger partial charge in [0.15, 0.2) is 0 Å². The predicted octanol–water partition coefficient (Wildman–Crippen LogP) is 6.36. The lowest BCUT2D eigenvalue weighted by molar-refractivity contribution is 0.104. The summed E-state index contributed by atoms with van der Waals surface area (Å²) in [5.41, 5.74) is 5.25. The summed E-state index contributed by atoms with van der Waals surface area (Å²) in [7, 11) is 0. The number of anilines is 1. The Balaban J connectivity index is 1.33. The van der Waals surface area contributed by atoms with E-state index >= 15 is 0 Å². The monoisotopic (exact) mass is 554 g/mol. The lowest BCUT2D eigenvalue weighted by atomic mass is 9.96. The fourth-order valence-electron chi connectivity index (χ4n) is 5.35. The molecule has 1 aliphatic heterocycles. The summed E-state index contributed by atoms with van der Waals surface area (Å²) in [6.07, 6.45) is 1.75. The van der Waals surface area contributed by atoms with E-state index < -0.39 is 0 Å². The number of nitrogens with one attached hydrogen (secondary N) is 1. The van der Waals surface area contributed by atoms with Crippen LogP contribution in [0.5, 0.6) is 0 Å². The SMILES string of the molecule is CC(C)c1ccc(CN2CCN(C(c3ccc(F)cc3)c3ccc(F)cc3)CC2)c(=O)c(NCc2ccccn2)c1. The topological polar surface area (TPSA) is 48.5 Å². The molecule has 1 aromatic heterocycles. The molecule has 1 fully saturated rings. The minimum absolute atomic E-state index is 0.00533. The second-order valence-corrected chi connectivity index (χ2v) is 10.9. The Morgan fingerprint density at radius 2 is 1.41 bits per heavy atom. The van der Waals surface area contributed by atoms with E-state index in [1.807, 2.05) is 30.3 Å². The number of hydrogen-bond acceptors (Lipinski definition) is 5. The molecular weight excluding hydrogens is 518 g/mol. The van der Waals surface area contributed by atoms with Gasteiger partial charge in [-0.2, -0.15) is 0 Å². The minimum atomic E-state index is -0.282. The van der Waals surface area contributed by atoms with Gasteiger partial charge in [0, 0.05) is 44.5 Å². The first-order valence-electron chi connectivity index (χ1n) is 14.2. The average molecular weight is 555 g/mol. The van der Waals surface area contributed by atoms with Crippen molar-refractivity contribution >= 4 is 5.69 Å².